The number of nitrogens with zero attached hydrogens (tertiary/aromatic N) is 1. The van der Waals surface area contributed by atoms with Crippen LogP contribution < -0.4 is 21.4 Å². The van der Waals surface area contributed by atoms with Gasteiger partial charge in [-0.1, -0.05) is 35.1 Å². The minimum Gasteiger partial charge on any atom is -0.872 e. The average Bonchev–Trinajstić information content (AvgIpc) is 3.18. The summed E-state index contributed by atoms with van der Waals surface area (Å²) < 4.78 is 67.3. The van der Waals surface area contributed by atoms with E-state index in [0.29, 0.717) is 70.8 Å². The monoisotopic (exact) mass is 896 g/mol. The van der Waals surface area contributed by atoms with Gasteiger partial charge in [0, 0.05) is 37.8 Å². The minimum absolute atomic E-state index is 0. The molecule has 4 N–H and O–H groups in total. The van der Waals surface area contributed by atoms with Gasteiger partial charge in [-0.3, -0.25) is 18.9 Å². The predicted octanol–water partition coefficient (Wildman–Crippen LogP) is 6.51. The Morgan fingerprint density at radius 3 is 1.43 bits per heavy atom. The van der Waals surface area contributed by atoms with Crippen molar-refractivity contribution in [2.75, 3.05) is 0 Å². The Bertz CT molecular complexity index is 4030. The molecule has 6 aromatic carbocycles. The third kappa shape index (κ3) is 6.89. The van der Waals surface area contributed by atoms with E-state index in [1.807, 2.05) is 38.1 Å². The van der Waals surface area contributed by atoms with Gasteiger partial charge in [0.15, 0.2) is 16.3 Å². The Kier molecular flexibility index (Phi) is 9.69. The molecule has 0 amide bonds. The van der Waals surface area contributed by atoms with Gasteiger partial charge in [0.1, 0.15) is 10.1 Å². The number of pyridine rings is 4. The van der Waals surface area contributed by atoms with Gasteiger partial charge in [-0.15, -0.1) is 0 Å². The van der Waals surface area contributed by atoms with Crippen LogP contribution in [0.15, 0.2) is 109 Å². The maximum absolute atomic E-state index is 13.1. The largest absolute Gasteiger partial charge is 2.00 e. The van der Waals surface area contributed by atoms with Crippen molar-refractivity contribution in [1.29, 1.82) is 0 Å². The van der Waals surface area contributed by atoms with Gasteiger partial charge in [-0.05, 0) is 116 Å². The van der Waals surface area contributed by atoms with Gasteiger partial charge in [-0.25, -0.2) is 13.4 Å². The molecule has 0 unspecified atom stereocenters. The molecule has 10 aromatic rings. The number of aromatic amines is 3. The van der Waals surface area contributed by atoms with Crippen LogP contribution in [0.25, 0.3) is 87.2 Å². The molecular weight excluding hydrogens is 867 g/mol. The van der Waals surface area contributed by atoms with E-state index in [1.54, 1.807) is 36.4 Å². The first-order chi connectivity index (χ1) is 28.3. The summed E-state index contributed by atoms with van der Waals surface area (Å²) in [5, 5.41) is 16.1. The molecule has 17 heteroatoms. The first-order valence-electron chi connectivity index (χ1n) is 18.3. The Balaban J connectivity index is 0.000000166. The van der Waals surface area contributed by atoms with Crippen LogP contribution in [0.5, 0.6) is 5.75 Å². The molecule has 0 aliphatic carbocycles. The van der Waals surface area contributed by atoms with E-state index in [9.17, 15) is 45.4 Å². The fraction of sp³-hybridized carbons (Fsp3) is 0.0909. The molecule has 308 valence electrons. The molecule has 14 nitrogen and oxygen atoms in total. The standard InChI is InChI=1S/2C22H16N2O5S.Ni/c2*1-10-3-4-16-12(5-10)21(25)14-8-18-15(7-17(14)23-16)22(26)13-6-11(2)20(30(27,28)29)9-19(13)24-18;/h2*3-9H,1-2H3,(H,23,25)(H,24,26)(H,27,28,29);/q;;+2/p-2. The van der Waals surface area contributed by atoms with Crippen molar-refractivity contribution in [3.05, 3.63) is 138 Å². The van der Waals surface area contributed by atoms with E-state index >= 15 is 0 Å². The van der Waals surface area contributed by atoms with E-state index < -0.39 is 25.1 Å². The normalized spacial score (nSPS) is 12.2. The summed E-state index contributed by atoms with van der Waals surface area (Å²) in [4.78, 5) is 52.4. The first kappa shape index (κ1) is 41.3. The van der Waals surface area contributed by atoms with Gasteiger partial charge in [0.2, 0.25) is 0 Å². The molecule has 0 bridgehead atoms. The Labute approximate surface area is 354 Å². The summed E-state index contributed by atoms with van der Waals surface area (Å²) in [5.41, 5.74) is 5.00. The average molecular weight is 898 g/mol. The number of hydrogen-bond donors (Lipinski definition) is 4. The topological polar surface area (TPSA) is 246 Å². The number of aryl methyl sites for hydroxylation is 4. The van der Waals surface area contributed by atoms with Crippen molar-refractivity contribution in [2.45, 2.75) is 37.5 Å². The Morgan fingerprint density at radius 2 is 0.885 bits per heavy atom. The molecule has 4 heterocycles. The Hall–Kier alpha value is -6.49. The molecule has 0 spiro atoms. The van der Waals surface area contributed by atoms with Crippen LogP contribution in [0.2, 0.25) is 0 Å². The minimum atomic E-state index is -4.69. The van der Waals surface area contributed by atoms with Gasteiger partial charge in [0.25, 0.3) is 10.1 Å². The second kappa shape index (κ2) is 14.3. The molecule has 61 heavy (non-hydrogen) atoms. The van der Waals surface area contributed by atoms with Crippen LogP contribution in [-0.4, -0.2) is 45.9 Å². The fourth-order valence-corrected chi connectivity index (χ4v) is 9.32. The summed E-state index contributed by atoms with van der Waals surface area (Å²) in [7, 11) is -9.13. The van der Waals surface area contributed by atoms with Crippen LogP contribution in [0, 0.1) is 27.7 Å². The van der Waals surface area contributed by atoms with E-state index in [4.69, 9.17) is 0 Å². The van der Waals surface area contributed by atoms with E-state index in [1.165, 1.54) is 32.0 Å². The zero-order chi connectivity index (χ0) is 42.7. The zero-order valence-electron chi connectivity index (χ0n) is 32.3. The van der Waals surface area contributed by atoms with E-state index in [2.05, 4.69) is 19.9 Å². The van der Waals surface area contributed by atoms with E-state index in [-0.39, 0.29) is 71.0 Å². The van der Waals surface area contributed by atoms with Gasteiger partial charge >= 0.3 is 16.5 Å². The third-order valence-corrected chi connectivity index (χ3v) is 12.8. The number of benzene rings is 6. The quantitative estimate of drug-likeness (QED) is 0.0827. The van der Waals surface area contributed by atoms with Gasteiger partial charge in [-0.2, -0.15) is 8.42 Å². The molecule has 4 aromatic heterocycles. The molecule has 0 fully saturated rings. The smallest absolute Gasteiger partial charge is 0.872 e. The molecule has 0 saturated carbocycles. The van der Waals surface area contributed by atoms with Crippen LogP contribution in [-0.2, 0) is 36.7 Å². The molecule has 0 atom stereocenters. The van der Waals surface area contributed by atoms with Crippen LogP contribution in [0.4, 0.5) is 0 Å². The predicted molar refractivity (Wildman–Crippen MR) is 229 cm³/mol. The summed E-state index contributed by atoms with van der Waals surface area (Å²) in [5.74, 6) is -0.201. The summed E-state index contributed by atoms with van der Waals surface area (Å²) in [6, 6.07) is 22.5. The molecular formula is C44H30N4NiO10S2. The number of fused-ring (bicyclic) bond motifs is 8. The number of nitrogens with one attached hydrogen (secondary N) is 3. The number of hydrogen-bond acceptors (Lipinski definition) is 10. The number of rotatable bonds is 2. The first-order valence-corrected chi connectivity index (χ1v) is 21.1. The van der Waals surface area contributed by atoms with Crippen molar-refractivity contribution in [3.8, 4) is 5.75 Å². The van der Waals surface area contributed by atoms with Gasteiger partial charge < -0.3 is 24.6 Å². The van der Waals surface area contributed by atoms with Crippen molar-refractivity contribution in [1.82, 2.24) is 19.9 Å². The molecule has 0 radical (unpaired) electrons. The van der Waals surface area contributed by atoms with E-state index in [0.717, 1.165) is 17.2 Å². The maximum atomic E-state index is 13.1. The maximum Gasteiger partial charge on any atom is 2.00 e. The van der Waals surface area contributed by atoms with Crippen LogP contribution in [0.3, 0.4) is 0 Å². The Morgan fingerprint density at radius 1 is 0.492 bits per heavy atom. The molecule has 10 rings (SSSR count). The summed E-state index contributed by atoms with van der Waals surface area (Å²) >= 11 is 0. The summed E-state index contributed by atoms with van der Waals surface area (Å²) in [6.45, 7) is 6.77. The van der Waals surface area contributed by atoms with Crippen LogP contribution >= 0.6 is 0 Å². The number of aromatic nitrogens is 4. The van der Waals surface area contributed by atoms with Crippen LogP contribution in [0.1, 0.15) is 22.3 Å². The molecule has 0 aliphatic rings. The van der Waals surface area contributed by atoms with Crippen molar-refractivity contribution < 1.29 is 47.5 Å². The molecule has 0 aliphatic heterocycles. The number of H-pyrrole nitrogens is 3. The second-order valence-electron chi connectivity index (χ2n) is 15.0. The second-order valence-corrected chi connectivity index (χ2v) is 17.7. The van der Waals surface area contributed by atoms with Crippen molar-refractivity contribution >= 4 is 107 Å². The third-order valence-electron chi connectivity index (χ3n) is 10.8. The fourth-order valence-electron chi connectivity index (χ4n) is 7.87. The molecule has 0 saturated heterocycles. The van der Waals surface area contributed by atoms with Crippen molar-refractivity contribution in [3.63, 3.8) is 0 Å². The SMILES string of the molecule is Cc1ccc2[nH]c3cc4c(=O)c5cc(C)c(S(=O)(=O)O)cc5[nH]c4cc3c(=O)c2c1.Cc1ccc2nc3cc4c(=O)c5cc(C)c(S(=O)(=O)[O-])cc5[nH]c4cc3c([O-])c2c1.[Ni+2]. The zero-order valence-corrected chi connectivity index (χ0v) is 34.9. The van der Waals surface area contributed by atoms with Gasteiger partial charge in [0.05, 0.1) is 48.4 Å². The summed E-state index contributed by atoms with van der Waals surface area (Å²) in [6.07, 6.45) is 0. The van der Waals surface area contributed by atoms with Crippen molar-refractivity contribution in [2.24, 2.45) is 0 Å².